The van der Waals surface area contributed by atoms with E-state index in [4.69, 9.17) is 28.3 Å². The fraction of sp³-hybridized carbons (Fsp3) is 0.385. The molecule has 0 fully saturated rings. The molecule has 0 saturated heterocycles. The Bertz CT molecular complexity index is 489. The van der Waals surface area contributed by atoms with Crippen molar-refractivity contribution in [2.75, 3.05) is 5.32 Å². The van der Waals surface area contributed by atoms with E-state index in [2.05, 4.69) is 5.32 Å². The molecule has 0 bridgehead atoms. The number of benzene rings is 1. The molecule has 1 amide bonds. The summed E-state index contributed by atoms with van der Waals surface area (Å²) in [6.07, 6.45) is 0. The van der Waals surface area contributed by atoms with Gasteiger partial charge in [-0.1, -0.05) is 44.0 Å². The number of carbonyl (C=O) groups excluding carboxylic acids is 1. The molecule has 4 nitrogen and oxygen atoms in total. The number of rotatable bonds is 3. The average Bonchev–Trinajstić information content (AvgIpc) is 2.10. The number of hydrogen-bond donors (Lipinski definition) is 2. The fourth-order valence-electron chi connectivity index (χ4n) is 1.72. The molecule has 1 unspecified atom stereocenters. The molecular weight excluding hydrogens is 289 g/mol. The first-order chi connectivity index (χ1) is 8.61. The minimum atomic E-state index is -1.17. The van der Waals surface area contributed by atoms with E-state index in [1.54, 1.807) is 20.8 Å². The van der Waals surface area contributed by atoms with Crippen molar-refractivity contribution in [2.24, 2.45) is 11.3 Å². The van der Waals surface area contributed by atoms with Gasteiger partial charge in [-0.25, -0.2) is 0 Å². The van der Waals surface area contributed by atoms with Crippen LogP contribution < -0.4 is 5.32 Å². The van der Waals surface area contributed by atoms with Crippen LogP contribution in [0.5, 0.6) is 0 Å². The first kappa shape index (κ1) is 15.8. The SMILES string of the molecule is CC(C)(C)C(C(=O)O)C(=O)Nc1cc(Cl)cc(Cl)c1. The molecule has 0 aliphatic rings. The van der Waals surface area contributed by atoms with Crippen molar-refractivity contribution in [1.82, 2.24) is 0 Å². The van der Waals surface area contributed by atoms with Crippen LogP contribution in [-0.4, -0.2) is 17.0 Å². The zero-order valence-electron chi connectivity index (χ0n) is 10.8. The van der Waals surface area contributed by atoms with Crippen molar-refractivity contribution < 1.29 is 14.7 Å². The first-order valence-electron chi connectivity index (χ1n) is 5.61. The molecule has 0 aliphatic heterocycles. The smallest absolute Gasteiger partial charge is 0.316 e. The second-order valence-corrected chi connectivity index (χ2v) is 6.16. The van der Waals surface area contributed by atoms with Crippen LogP contribution in [0.15, 0.2) is 18.2 Å². The monoisotopic (exact) mass is 303 g/mol. The Kier molecular flexibility index (Phi) is 4.82. The number of halogens is 2. The van der Waals surface area contributed by atoms with Crippen LogP contribution in [0.3, 0.4) is 0 Å². The number of aliphatic carboxylic acids is 1. The second-order valence-electron chi connectivity index (χ2n) is 5.28. The molecule has 1 rings (SSSR count). The first-order valence-corrected chi connectivity index (χ1v) is 6.36. The molecule has 2 N–H and O–H groups in total. The molecule has 1 atom stereocenters. The third kappa shape index (κ3) is 4.40. The Morgan fingerprint density at radius 3 is 2.00 bits per heavy atom. The van der Waals surface area contributed by atoms with Gasteiger partial charge in [-0.3, -0.25) is 9.59 Å². The average molecular weight is 304 g/mol. The van der Waals surface area contributed by atoms with E-state index in [1.807, 2.05) is 0 Å². The van der Waals surface area contributed by atoms with Crippen LogP contribution in [0.25, 0.3) is 0 Å². The lowest BCUT2D eigenvalue weighted by Crippen LogP contribution is -2.39. The number of hydrogen-bond acceptors (Lipinski definition) is 2. The summed E-state index contributed by atoms with van der Waals surface area (Å²) in [5, 5.41) is 12.4. The van der Waals surface area contributed by atoms with Gasteiger partial charge in [0.2, 0.25) is 5.91 Å². The Balaban J connectivity index is 2.97. The molecule has 1 aromatic carbocycles. The van der Waals surface area contributed by atoms with E-state index in [1.165, 1.54) is 18.2 Å². The normalized spacial score (nSPS) is 12.9. The van der Waals surface area contributed by atoms with Crippen molar-refractivity contribution in [2.45, 2.75) is 20.8 Å². The molecule has 0 aliphatic carbocycles. The maximum absolute atomic E-state index is 12.0. The summed E-state index contributed by atoms with van der Waals surface area (Å²) in [7, 11) is 0. The summed E-state index contributed by atoms with van der Waals surface area (Å²) in [5.74, 6) is -2.93. The van der Waals surface area contributed by atoms with Gasteiger partial charge in [-0.2, -0.15) is 0 Å². The predicted molar refractivity (Wildman–Crippen MR) is 75.7 cm³/mol. The van der Waals surface area contributed by atoms with Crippen LogP contribution in [0.4, 0.5) is 5.69 Å². The Labute approximate surface area is 121 Å². The van der Waals surface area contributed by atoms with E-state index < -0.39 is 23.2 Å². The highest BCUT2D eigenvalue weighted by Gasteiger charge is 2.37. The van der Waals surface area contributed by atoms with Gasteiger partial charge in [-0.15, -0.1) is 0 Å². The predicted octanol–water partition coefficient (Wildman–Crippen LogP) is 3.68. The van der Waals surface area contributed by atoms with Crippen molar-refractivity contribution in [1.29, 1.82) is 0 Å². The minimum absolute atomic E-state index is 0.366. The summed E-state index contributed by atoms with van der Waals surface area (Å²) in [5.41, 5.74) is -0.323. The largest absolute Gasteiger partial charge is 0.481 e. The van der Waals surface area contributed by atoms with Gasteiger partial charge in [0.05, 0.1) is 0 Å². The van der Waals surface area contributed by atoms with E-state index in [9.17, 15) is 9.59 Å². The van der Waals surface area contributed by atoms with Crippen LogP contribution in [0, 0.1) is 11.3 Å². The number of carboxylic acids is 1. The summed E-state index contributed by atoms with van der Waals surface area (Å²) in [4.78, 5) is 23.2. The van der Waals surface area contributed by atoms with Gasteiger partial charge >= 0.3 is 5.97 Å². The molecule has 1 aromatic rings. The third-order valence-electron chi connectivity index (χ3n) is 2.51. The lowest BCUT2D eigenvalue weighted by Gasteiger charge is -2.25. The maximum Gasteiger partial charge on any atom is 0.316 e. The third-order valence-corrected chi connectivity index (χ3v) is 2.94. The van der Waals surface area contributed by atoms with Gasteiger partial charge in [0.15, 0.2) is 0 Å². The van der Waals surface area contributed by atoms with Crippen LogP contribution in [0.1, 0.15) is 20.8 Å². The van der Waals surface area contributed by atoms with Gasteiger partial charge in [0.1, 0.15) is 5.92 Å². The number of nitrogens with one attached hydrogen (secondary N) is 1. The molecule has 19 heavy (non-hydrogen) atoms. The molecule has 0 saturated carbocycles. The minimum Gasteiger partial charge on any atom is -0.481 e. The van der Waals surface area contributed by atoms with Gasteiger partial charge in [0, 0.05) is 15.7 Å². The van der Waals surface area contributed by atoms with Crippen LogP contribution in [-0.2, 0) is 9.59 Å². The van der Waals surface area contributed by atoms with Crippen LogP contribution >= 0.6 is 23.2 Å². The van der Waals surface area contributed by atoms with E-state index in [0.29, 0.717) is 15.7 Å². The maximum atomic E-state index is 12.0. The summed E-state index contributed by atoms with van der Waals surface area (Å²) in [6, 6.07) is 4.54. The Morgan fingerprint density at radius 2 is 1.63 bits per heavy atom. The van der Waals surface area contributed by atoms with E-state index in [-0.39, 0.29) is 0 Å². The number of carboxylic acid groups (broad SMARTS) is 1. The van der Waals surface area contributed by atoms with E-state index >= 15 is 0 Å². The van der Waals surface area contributed by atoms with Crippen molar-refractivity contribution >= 4 is 40.8 Å². The number of anilines is 1. The zero-order valence-corrected chi connectivity index (χ0v) is 12.3. The Morgan fingerprint density at radius 1 is 1.16 bits per heavy atom. The highest BCUT2D eigenvalue weighted by Crippen LogP contribution is 2.28. The van der Waals surface area contributed by atoms with Gasteiger partial charge in [-0.05, 0) is 23.6 Å². The van der Waals surface area contributed by atoms with Crippen molar-refractivity contribution in [3.63, 3.8) is 0 Å². The Hall–Kier alpha value is -1.26. The van der Waals surface area contributed by atoms with Crippen molar-refractivity contribution in [3.8, 4) is 0 Å². The van der Waals surface area contributed by atoms with Gasteiger partial charge in [0.25, 0.3) is 0 Å². The molecule has 0 aromatic heterocycles. The summed E-state index contributed by atoms with van der Waals surface area (Å²) >= 11 is 11.6. The van der Waals surface area contributed by atoms with Crippen LogP contribution in [0.2, 0.25) is 10.0 Å². The standard InChI is InChI=1S/C13H15Cl2NO3/c1-13(2,3)10(12(18)19)11(17)16-9-5-7(14)4-8(15)6-9/h4-6,10H,1-3H3,(H,16,17)(H,18,19). The number of amides is 1. The molecule has 0 spiro atoms. The van der Waals surface area contributed by atoms with E-state index in [0.717, 1.165) is 0 Å². The summed E-state index contributed by atoms with van der Waals surface area (Å²) in [6.45, 7) is 5.07. The molecule has 6 heteroatoms. The highest BCUT2D eigenvalue weighted by molar-refractivity contribution is 6.35. The molecular formula is C13H15Cl2NO3. The second kappa shape index (κ2) is 5.80. The lowest BCUT2D eigenvalue weighted by molar-refractivity contribution is -0.149. The topological polar surface area (TPSA) is 66.4 Å². The molecule has 104 valence electrons. The fourth-order valence-corrected chi connectivity index (χ4v) is 2.24. The zero-order chi connectivity index (χ0) is 14.8. The van der Waals surface area contributed by atoms with Gasteiger partial charge < -0.3 is 10.4 Å². The lowest BCUT2D eigenvalue weighted by atomic mass is 9.80. The summed E-state index contributed by atoms with van der Waals surface area (Å²) < 4.78 is 0. The van der Waals surface area contributed by atoms with Crippen molar-refractivity contribution in [3.05, 3.63) is 28.2 Å². The quantitative estimate of drug-likeness (QED) is 0.837. The number of carbonyl (C=O) groups is 2. The molecule has 0 heterocycles. The highest BCUT2D eigenvalue weighted by atomic mass is 35.5. The molecule has 0 radical (unpaired) electrons.